The number of nitrogens with two attached hydrogens (primary N) is 1. The van der Waals surface area contributed by atoms with Gasteiger partial charge < -0.3 is 15.2 Å². The van der Waals surface area contributed by atoms with Gasteiger partial charge in [-0.3, -0.25) is 0 Å². The number of carbonyl (C=O) groups is 1. The molecule has 1 aromatic carbocycles. The van der Waals surface area contributed by atoms with Crippen LogP contribution in [0.15, 0.2) is 28.9 Å². The number of aromatic nitrogens is 2. The zero-order valence-electron chi connectivity index (χ0n) is 11.6. The number of esters is 1. The number of carbonyl (C=O) groups excluding carboxylic acids is 1. The molecule has 0 bridgehead atoms. The van der Waals surface area contributed by atoms with Gasteiger partial charge in [0.2, 0.25) is 0 Å². The summed E-state index contributed by atoms with van der Waals surface area (Å²) in [5, 5.41) is 0. The third kappa shape index (κ3) is 3.30. The molecule has 7 heteroatoms. The van der Waals surface area contributed by atoms with Gasteiger partial charge >= 0.3 is 5.97 Å². The third-order valence-electron chi connectivity index (χ3n) is 2.72. The Morgan fingerprint density at radius 2 is 2.19 bits per heavy atom. The van der Waals surface area contributed by atoms with Crippen LogP contribution in [0.5, 0.6) is 5.75 Å². The maximum absolute atomic E-state index is 11.6. The van der Waals surface area contributed by atoms with Crippen LogP contribution in [0.2, 0.25) is 0 Å². The number of nitrogen functional groups attached to an aromatic ring is 1. The van der Waals surface area contributed by atoms with E-state index in [1.807, 2.05) is 12.1 Å². The SMILES string of the molecule is CCOC(=O)c1cnc(-c2ccc(OC)c(Br)c2)nc1N. The normalized spacial score (nSPS) is 10.2. The van der Waals surface area contributed by atoms with Crippen LogP contribution in [0.4, 0.5) is 5.82 Å². The molecule has 0 aliphatic carbocycles. The summed E-state index contributed by atoms with van der Waals surface area (Å²) in [7, 11) is 1.59. The number of rotatable bonds is 4. The van der Waals surface area contributed by atoms with Crippen molar-refractivity contribution < 1.29 is 14.3 Å². The number of anilines is 1. The molecule has 0 unspecified atom stereocenters. The molecule has 110 valence electrons. The molecule has 0 amide bonds. The van der Waals surface area contributed by atoms with Crippen LogP contribution < -0.4 is 10.5 Å². The molecule has 2 rings (SSSR count). The molecule has 0 aliphatic rings. The van der Waals surface area contributed by atoms with Crippen molar-refractivity contribution in [2.45, 2.75) is 6.92 Å². The summed E-state index contributed by atoms with van der Waals surface area (Å²) in [6.45, 7) is 1.99. The minimum absolute atomic E-state index is 0.0883. The summed E-state index contributed by atoms with van der Waals surface area (Å²) in [5.74, 6) is 0.682. The Kier molecular flexibility index (Phi) is 4.74. The minimum atomic E-state index is -0.530. The Balaban J connectivity index is 2.36. The lowest BCUT2D eigenvalue weighted by Gasteiger charge is -2.08. The zero-order valence-corrected chi connectivity index (χ0v) is 13.2. The van der Waals surface area contributed by atoms with Gasteiger partial charge in [-0.05, 0) is 41.1 Å². The van der Waals surface area contributed by atoms with Crippen molar-refractivity contribution in [3.8, 4) is 17.1 Å². The Morgan fingerprint density at radius 3 is 2.76 bits per heavy atom. The standard InChI is InChI=1S/C14H14BrN3O3/c1-3-21-14(19)9-7-17-13(18-12(9)16)8-4-5-11(20-2)10(15)6-8/h4-7H,3H2,1-2H3,(H2,16,17,18). The van der Waals surface area contributed by atoms with Crippen LogP contribution in [0.3, 0.4) is 0 Å². The highest BCUT2D eigenvalue weighted by Crippen LogP contribution is 2.29. The number of halogens is 1. The van der Waals surface area contributed by atoms with Crippen molar-refractivity contribution in [1.29, 1.82) is 0 Å². The van der Waals surface area contributed by atoms with Crippen LogP contribution >= 0.6 is 15.9 Å². The number of nitrogens with zero attached hydrogens (tertiary/aromatic N) is 2. The second-order valence-electron chi connectivity index (χ2n) is 4.06. The number of methoxy groups -OCH3 is 1. The average molecular weight is 352 g/mol. The molecule has 0 radical (unpaired) electrons. The van der Waals surface area contributed by atoms with Gasteiger partial charge in [-0.25, -0.2) is 14.8 Å². The first kappa shape index (κ1) is 15.2. The molecule has 0 spiro atoms. The summed E-state index contributed by atoms with van der Waals surface area (Å²) < 4.78 is 10.8. The maximum Gasteiger partial charge on any atom is 0.343 e. The van der Waals surface area contributed by atoms with Gasteiger partial charge in [-0.2, -0.15) is 0 Å². The summed E-state index contributed by atoms with van der Waals surface area (Å²) in [5.41, 5.74) is 6.71. The quantitative estimate of drug-likeness (QED) is 0.852. The lowest BCUT2D eigenvalue weighted by Crippen LogP contribution is -2.10. The predicted molar refractivity (Wildman–Crippen MR) is 82.1 cm³/mol. The van der Waals surface area contributed by atoms with Crippen molar-refractivity contribution in [2.75, 3.05) is 19.5 Å². The first-order chi connectivity index (χ1) is 10.1. The Morgan fingerprint density at radius 1 is 1.43 bits per heavy atom. The smallest absolute Gasteiger partial charge is 0.343 e. The van der Waals surface area contributed by atoms with Gasteiger partial charge in [0.1, 0.15) is 17.1 Å². The first-order valence-corrected chi connectivity index (χ1v) is 6.99. The van der Waals surface area contributed by atoms with E-state index >= 15 is 0 Å². The van der Waals surface area contributed by atoms with E-state index < -0.39 is 5.97 Å². The third-order valence-corrected chi connectivity index (χ3v) is 3.34. The fraction of sp³-hybridized carbons (Fsp3) is 0.214. The van der Waals surface area contributed by atoms with Crippen LogP contribution in [0.25, 0.3) is 11.4 Å². The van der Waals surface area contributed by atoms with E-state index in [0.29, 0.717) is 11.6 Å². The molecule has 1 heterocycles. The lowest BCUT2D eigenvalue weighted by atomic mass is 10.2. The fourth-order valence-corrected chi connectivity index (χ4v) is 2.25. The largest absolute Gasteiger partial charge is 0.496 e. The van der Waals surface area contributed by atoms with Gasteiger partial charge in [0.15, 0.2) is 5.82 Å². The first-order valence-electron chi connectivity index (χ1n) is 6.20. The summed E-state index contributed by atoms with van der Waals surface area (Å²) >= 11 is 3.40. The monoisotopic (exact) mass is 351 g/mol. The van der Waals surface area contributed by atoms with E-state index in [1.165, 1.54) is 6.20 Å². The molecular weight excluding hydrogens is 338 g/mol. The zero-order chi connectivity index (χ0) is 15.4. The molecule has 6 nitrogen and oxygen atoms in total. The summed E-state index contributed by atoms with van der Waals surface area (Å²) in [6.07, 6.45) is 1.37. The van der Waals surface area contributed by atoms with Crippen LogP contribution in [-0.4, -0.2) is 29.7 Å². The Labute approximate surface area is 130 Å². The molecule has 0 aliphatic heterocycles. The van der Waals surface area contributed by atoms with Crippen molar-refractivity contribution >= 4 is 27.7 Å². The van der Waals surface area contributed by atoms with Crippen molar-refractivity contribution in [3.63, 3.8) is 0 Å². The number of benzene rings is 1. The van der Waals surface area contributed by atoms with Crippen molar-refractivity contribution in [2.24, 2.45) is 0 Å². The highest BCUT2D eigenvalue weighted by molar-refractivity contribution is 9.10. The molecule has 0 atom stereocenters. The van der Waals surface area contributed by atoms with E-state index in [9.17, 15) is 4.79 Å². The van der Waals surface area contributed by atoms with Crippen LogP contribution in [0.1, 0.15) is 17.3 Å². The molecule has 21 heavy (non-hydrogen) atoms. The Bertz CT molecular complexity index is 677. The van der Waals surface area contributed by atoms with E-state index in [2.05, 4.69) is 25.9 Å². The molecule has 2 N–H and O–H groups in total. The lowest BCUT2D eigenvalue weighted by molar-refractivity contribution is 0.0527. The topological polar surface area (TPSA) is 87.3 Å². The van der Waals surface area contributed by atoms with E-state index in [4.69, 9.17) is 15.2 Å². The second kappa shape index (κ2) is 6.53. The summed E-state index contributed by atoms with van der Waals surface area (Å²) in [4.78, 5) is 19.9. The van der Waals surface area contributed by atoms with Gasteiger partial charge in [0.05, 0.1) is 18.2 Å². The number of hydrogen-bond acceptors (Lipinski definition) is 6. The molecule has 0 fully saturated rings. The average Bonchev–Trinajstić information content (AvgIpc) is 2.47. The van der Waals surface area contributed by atoms with Crippen molar-refractivity contribution in [1.82, 2.24) is 9.97 Å². The molecule has 0 saturated heterocycles. The fourth-order valence-electron chi connectivity index (χ4n) is 1.71. The second-order valence-corrected chi connectivity index (χ2v) is 4.92. The van der Waals surface area contributed by atoms with E-state index in [0.717, 1.165) is 10.0 Å². The number of hydrogen-bond donors (Lipinski definition) is 1. The Hall–Kier alpha value is -2.15. The predicted octanol–water partition coefficient (Wildman–Crippen LogP) is 2.67. The summed E-state index contributed by atoms with van der Waals surface area (Å²) in [6, 6.07) is 5.41. The highest BCUT2D eigenvalue weighted by atomic mass is 79.9. The molecule has 0 saturated carbocycles. The van der Waals surface area contributed by atoms with Gasteiger partial charge in [0, 0.05) is 11.8 Å². The molecular formula is C14H14BrN3O3. The van der Waals surface area contributed by atoms with Gasteiger partial charge in [-0.1, -0.05) is 0 Å². The number of ether oxygens (including phenoxy) is 2. The van der Waals surface area contributed by atoms with Gasteiger partial charge in [0.25, 0.3) is 0 Å². The molecule has 1 aromatic heterocycles. The maximum atomic E-state index is 11.6. The van der Waals surface area contributed by atoms with E-state index in [1.54, 1.807) is 20.1 Å². The minimum Gasteiger partial charge on any atom is -0.496 e. The van der Waals surface area contributed by atoms with E-state index in [-0.39, 0.29) is 18.0 Å². The molecule has 2 aromatic rings. The van der Waals surface area contributed by atoms with Crippen LogP contribution in [0, 0.1) is 0 Å². The van der Waals surface area contributed by atoms with Crippen LogP contribution in [-0.2, 0) is 4.74 Å². The van der Waals surface area contributed by atoms with Crippen molar-refractivity contribution in [3.05, 3.63) is 34.4 Å². The van der Waals surface area contributed by atoms with Gasteiger partial charge in [-0.15, -0.1) is 0 Å². The highest BCUT2D eigenvalue weighted by Gasteiger charge is 2.14.